The number of hydrogen-bond donors (Lipinski definition) is 1. The molecule has 3 nitrogen and oxygen atoms in total. The van der Waals surface area contributed by atoms with Crippen molar-refractivity contribution in [1.82, 2.24) is 14.9 Å². The van der Waals surface area contributed by atoms with E-state index < -0.39 is 0 Å². The fourth-order valence-electron chi connectivity index (χ4n) is 2.26. The number of hydrogen-bond acceptors (Lipinski definition) is 2. The summed E-state index contributed by atoms with van der Waals surface area (Å²) in [6, 6.07) is 0. The Morgan fingerprint density at radius 1 is 1.36 bits per heavy atom. The van der Waals surface area contributed by atoms with Gasteiger partial charge in [0.2, 0.25) is 0 Å². The zero-order valence-electron chi connectivity index (χ0n) is 9.14. The molecule has 0 aromatic carbocycles. The maximum absolute atomic E-state index is 4.64. The third kappa shape index (κ3) is 1.69. The molecule has 0 saturated carbocycles. The molecule has 0 atom stereocenters. The van der Waals surface area contributed by atoms with E-state index in [4.69, 9.17) is 0 Å². The summed E-state index contributed by atoms with van der Waals surface area (Å²) >= 11 is 0. The van der Waals surface area contributed by atoms with Crippen molar-refractivity contribution in [2.75, 3.05) is 13.6 Å². The molecule has 3 heteroatoms. The maximum atomic E-state index is 4.64. The lowest BCUT2D eigenvalue weighted by Crippen LogP contribution is -2.18. The van der Waals surface area contributed by atoms with Gasteiger partial charge in [-0.25, -0.2) is 4.98 Å². The summed E-state index contributed by atoms with van der Waals surface area (Å²) in [5, 5.41) is 3.19. The van der Waals surface area contributed by atoms with Gasteiger partial charge >= 0.3 is 0 Å². The largest absolute Gasteiger partial charge is 0.331 e. The Balaban J connectivity index is 2.24. The van der Waals surface area contributed by atoms with Crippen molar-refractivity contribution in [1.29, 1.82) is 0 Å². The number of imidazole rings is 1. The molecule has 0 spiro atoms. The van der Waals surface area contributed by atoms with E-state index in [1.165, 1.54) is 42.9 Å². The van der Waals surface area contributed by atoms with Gasteiger partial charge in [-0.1, -0.05) is 0 Å². The molecule has 1 aliphatic rings. The van der Waals surface area contributed by atoms with E-state index >= 15 is 0 Å². The Morgan fingerprint density at radius 3 is 2.93 bits per heavy atom. The van der Waals surface area contributed by atoms with Crippen molar-refractivity contribution in [2.24, 2.45) is 0 Å². The van der Waals surface area contributed by atoms with Gasteiger partial charge in [0.1, 0.15) is 5.82 Å². The van der Waals surface area contributed by atoms with Gasteiger partial charge in [-0.2, -0.15) is 0 Å². The molecule has 1 aromatic heterocycles. The summed E-state index contributed by atoms with van der Waals surface area (Å²) in [5.74, 6) is 1.19. The summed E-state index contributed by atoms with van der Waals surface area (Å²) in [5.41, 5.74) is 2.84. The second-order valence-electron chi connectivity index (χ2n) is 4.01. The zero-order chi connectivity index (χ0) is 9.97. The number of nitrogens with zero attached hydrogens (tertiary/aromatic N) is 2. The fourth-order valence-corrected chi connectivity index (χ4v) is 2.26. The van der Waals surface area contributed by atoms with Crippen molar-refractivity contribution >= 4 is 0 Å². The van der Waals surface area contributed by atoms with Crippen molar-refractivity contribution in [3.05, 3.63) is 17.2 Å². The van der Waals surface area contributed by atoms with Crippen molar-refractivity contribution in [2.45, 2.75) is 39.2 Å². The van der Waals surface area contributed by atoms with Crippen LogP contribution in [0.2, 0.25) is 0 Å². The Labute approximate surface area is 85.5 Å². The first-order chi connectivity index (χ1) is 6.83. The lowest BCUT2D eigenvalue weighted by Gasteiger charge is -2.14. The van der Waals surface area contributed by atoms with Crippen LogP contribution in [0.1, 0.15) is 30.1 Å². The average molecular weight is 193 g/mol. The summed E-state index contributed by atoms with van der Waals surface area (Å²) < 4.78 is 2.38. The van der Waals surface area contributed by atoms with Crippen LogP contribution < -0.4 is 5.32 Å². The number of aromatic nitrogens is 2. The summed E-state index contributed by atoms with van der Waals surface area (Å²) in [6.45, 7) is 4.21. The molecular formula is C11H19N3. The quantitative estimate of drug-likeness (QED) is 0.784. The van der Waals surface area contributed by atoms with Gasteiger partial charge in [0.15, 0.2) is 0 Å². The smallest absolute Gasteiger partial charge is 0.106 e. The predicted octanol–water partition coefficient (Wildman–Crippen LogP) is 1.29. The van der Waals surface area contributed by atoms with Crippen LogP contribution >= 0.6 is 0 Å². The zero-order valence-corrected chi connectivity index (χ0v) is 9.14. The normalized spacial score (nSPS) is 15.6. The van der Waals surface area contributed by atoms with E-state index in [1.54, 1.807) is 0 Å². The molecule has 0 aliphatic heterocycles. The Morgan fingerprint density at radius 2 is 2.14 bits per heavy atom. The predicted molar refractivity (Wildman–Crippen MR) is 57.5 cm³/mol. The van der Waals surface area contributed by atoms with E-state index in [0.29, 0.717) is 0 Å². The molecule has 0 bridgehead atoms. The minimum absolute atomic E-state index is 1.03. The van der Waals surface area contributed by atoms with Crippen LogP contribution in [0.25, 0.3) is 0 Å². The number of aryl methyl sites for hydroxylation is 2. The van der Waals surface area contributed by atoms with Gasteiger partial charge in [0.05, 0.1) is 5.69 Å². The minimum Gasteiger partial charge on any atom is -0.331 e. The van der Waals surface area contributed by atoms with Gasteiger partial charge in [-0.3, -0.25) is 0 Å². The number of nitrogens with one attached hydrogen (secondary N) is 1. The highest BCUT2D eigenvalue weighted by Crippen LogP contribution is 2.21. The fraction of sp³-hybridized carbons (Fsp3) is 0.727. The molecule has 0 radical (unpaired) electrons. The van der Waals surface area contributed by atoms with E-state index in [1.807, 2.05) is 7.05 Å². The van der Waals surface area contributed by atoms with E-state index in [2.05, 4.69) is 21.8 Å². The molecule has 0 unspecified atom stereocenters. The van der Waals surface area contributed by atoms with Crippen LogP contribution in [-0.2, 0) is 19.4 Å². The Bertz CT molecular complexity index is 315. The molecule has 1 aromatic rings. The number of likely N-dealkylation sites (N-methyl/N-ethyl adjacent to an activating group) is 1. The summed E-state index contributed by atoms with van der Waals surface area (Å²) in [7, 11) is 2.00. The molecule has 0 fully saturated rings. The molecule has 0 amide bonds. The molecule has 14 heavy (non-hydrogen) atoms. The van der Waals surface area contributed by atoms with Gasteiger partial charge in [-0.15, -0.1) is 0 Å². The van der Waals surface area contributed by atoms with Crippen molar-refractivity contribution in [3.63, 3.8) is 0 Å². The lowest BCUT2D eigenvalue weighted by molar-refractivity contribution is 0.577. The first-order valence-electron chi connectivity index (χ1n) is 5.52. The molecule has 1 heterocycles. The first kappa shape index (κ1) is 9.71. The van der Waals surface area contributed by atoms with Gasteiger partial charge in [0.25, 0.3) is 0 Å². The summed E-state index contributed by atoms with van der Waals surface area (Å²) in [4.78, 5) is 4.64. The van der Waals surface area contributed by atoms with Crippen LogP contribution in [0.15, 0.2) is 0 Å². The third-order valence-electron chi connectivity index (χ3n) is 3.01. The SMILES string of the molecule is CNCCn1c(C)nc2c1CCCC2. The molecule has 78 valence electrons. The van der Waals surface area contributed by atoms with E-state index in [-0.39, 0.29) is 0 Å². The lowest BCUT2D eigenvalue weighted by atomic mass is 10.0. The van der Waals surface area contributed by atoms with Crippen LogP contribution in [0.4, 0.5) is 0 Å². The molecule has 0 saturated heterocycles. The van der Waals surface area contributed by atoms with Gasteiger partial charge < -0.3 is 9.88 Å². The average Bonchev–Trinajstić information content (AvgIpc) is 2.51. The standard InChI is InChI=1S/C11H19N3/c1-9-13-10-5-3-4-6-11(10)14(9)8-7-12-2/h12H,3-8H2,1-2H3. The minimum atomic E-state index is 1.03. The van der Waals surface area contributed by atoms with Crippen LogP contribution in [0, 0.1) is 6.92 Å². The highest BCUT2D eigenvalue weighted by atomic mass is 15.1. The third-order valence-corrected chi connectivity index (χ3v) is 3.01. The van der Waals surface area contributed by atoms with E-state index in [9.17, 15) is 0 Å². The summed E-state index contributed by atoms with van der Waals surface area (Å²) in [6.07, 6.45) is 5.05. The first-order valence-corrected chi connectivity index (χ1v) is 5.52. The van der Waals surface area contributed by atoms with Crippen LogP contribution in [-0.4, -0.2) is 23.1 Å². The Kier molecular flexibility index (Phi) is 2.87. The van der Waals surface area contributed by atoms with Crippen LogP contribution in [0.3, 0.4) is 0 Å². The topological polar surface area (TPSA) is 29.9 Å². The molecule has 1 N–H and O–H groups in total. The van der Waals surface area contributed by atoms with Crippen molar-refractivity contribution in [3.8, 4) is 0 Å². The second kappa shape index (κ2) is 4.13. The maximum Gasteiger partial charge on any atom is 0.106 e. The number of fused-ring (bicyclic) bond motifs is 1. The number of rotatable bonds is 3. The molecule has 1 aliphatic carbocycles. The molecule has 2 rings (SSSR count). The van der Waals surface area contributed by atoms with E-state index in [0.717, 1.165) is 13.1 Å². The highest BCUT2D eigenvalue weighted by Gasteiger charge is 2.17. The van der Waals surface area contributed by atoms with Crippen LogP contribution in [0.5, 0.6) is 0 Å². The highest BCUT2D eigenvalue weighted by molar-refractivity contribution is 5.19. The molecular weight excluding hydrogens is 174 g/mol. The van der Waals surface area contributed by atoms with Gasteiger partial charge in [0, 0.05) is 18.8 Å². The monoisotopic (exact) mass is 193 g/mol. The second-order valence-corrected chi connectivity index (χ2v) is 4.01. The Hall–Kier alpha value is -0.830. The van der Waals surface area contributed by atoms with Crippen molar-refractivity contribution < 1.29 is 0 Å². The van der Waals surface area contributed by atoms with Gasteiger partial charge in [-0.05, 0) is 39.7 Å².